The summed E-state index contributed by atoms with van der Waals surface area (Å²) in [7, 11) is 0. The Morgan fingerprint density at radius 3 is 2.40 bits per heavy atom. The summed E-state index contributed by atoms with van der Waals surface area (Å²) < 4.78 is 5.74. The Bertz CT molecular complexity index is 659. The standard InChI is InChI=1S/C20H26N2O3/c1-12(25-16-5-3-2-4-6-16)18(23)22-17-14-7-13-8-15(17)11-20(9-13,10-14)19(21)24/h2-6,12-15,17H,7-11H2,1H3,(H2,21,24)(H,22,23). The van der Waals surface area contributed by atoms with Crippen LogP contribution in [0.1, 0.15) is 39.0 Å². The van der Waals surface area contributed by atoms with Gasteiger partial charge in [0.2, 0.25) is 5.91 Å². The van der Waals surface area contributed by atoms with Gasteiger partial charge in [0.25, 0.3) is 5.91 Å². The minimum Gasteiger partial charge on any atom is -0.481 e. The van der Waals surface area contributed by atoms with Gasteiger partial charge in [0.1, 0.15) is 5.75 Å². The minimum atomic E-state index is -0.537. The van der Waals surface area contributed by atoms with Crippen LogP contribution in [-0.4, -0.2) is 24.0 Å². The van der Waals surface area contributed by atoms with Crippen molar-refractivity contribution in [3.8, 4) is 5.75 Å². The van der Waals surface area contributed by atoms with Crippen LogP contribution in [0.2, 0.25) is 0 Å². The fourth-order valence-electron chi connectivity index (χ4n) is 5.60. The van der Waals surface area contributed by atoms with Crippen molar-refractivity contribution >= 4 is 11.8 Å². The molecule has 134 valence electrons. The predicted octanol–water partition coefficient (Wildman–Crippen LogP) is 2.25. The van der Waals surface area contributed by atoms with Gasteiger partial charge in [0.15, 0.2) is 6.10 Å². The molecule has 0 radical (unpaired) electrons. The number of hydrogen-bond acceptors (Lipinski definition) is 3. The quantitative estimate of drug-likeness (QED) is 0.861. The molecular formula is C20H26N2O3. The highest BCUT2D eigenvalue weighted by Gasteiger charge is 2.58. The SMILES string of the molecule is CC(Oc1ccccc1)C(=O)NC1C2CC3CC1CC(C(N)=O)(C3)C2. The van der Waals surface area contributed by atoms with Crippen LogP contribution in [0.15, 0.2) is 30.3 Å². The average molecular weight is 342 g/mol. The summed E-state index contributed by atoms with van der Waals surface area (Å²) in [4.78, 5) is 24.6. The Balaban J connectivity index is 1.42. The number of ether oxygens (including phenoxy) is 1. The third-order valence-corrected chi connectivity index (χ3v) is 6.53. The van der Waals surface area contributed by atoms with E-state index in [9.17, 15) is 9.59 Å². The summed E-state index contributed by atoms with van der Waals surface area (Å²) in [6.45, 7) is 1.78. The summed E-state index contributed by atoms with van der Waals surface area (Å²) in [5, 5.41) is 3.22. The second kappa shape index (κ2) is 6.04. The van der Waals surface area contributed by atoms with Gasteiger partial charge in [0.05, 0.1) is 0 Å². The molecule has 1 aromatic rings. The summed E-state index contributed by atoms with van der Waals surface area (Å²) in [5.41, 5.74) is 5.41. The molecule has 3 unspecified atom stereocenters. The number of carbonyl (C=O) groups is 2. The first-order valence-electron chi connectivity index (χ1n) is 9.29. The maximum atomic E-state index is 12.6. The van der Waals surface area contributed by atoms with E-state index in [1.54, 1.807) is 6.92 Å². The zero-order valence-corrected chi connectivity index (χ0v) is 14.6. The van der Waals surface area contributed by atoms with Crippen molar-refractivity contribution in [2.24, 2.45) is 28.9 Å². The number of carbonyl (C=O) groups excluding carboxylic acids is 2. The van der Waals surface area contributed by atoms with E-state index in [4.69, 9.17) is 10.5 Å². The van der Waals surface area contributed by atoms with E-state index in [2.05, 4.69) is 5.32 Å². The minimum absolute atomic E-state index is 0.0746. The van der Waals surface area contributed by atoms with Gasteiger partial charge in [-0.15, -0.1) is 0 Å². The first-order chi connectivity index (χ1) is 12.0. The number of hydrogen-bond donors (Lipinski definition) is 2. The lowest BCUT2D eigenvalue weighted by Crippen LogP contribution is -2.62. The maximum absolute atomic E-state index is 12.6. The summed E-state index contributed by atoms with van der Waals surface area (Å²) >= 11 is 0. The van der Waals surface area contributed by atoms with Crippen molar-refractivity contribution in [3.05, 3.63) is 30.3 Å². The molecule has 25 heavy (non-hydrogen) atoms. The van der Waals surface area contributed by atoms with Crippen molar-refractivity contribution in [3.63, 3.8) is 0 Å². The van der Waals surface area contributed by atoms with Crippen molar-refractivity contribution in [2.75, 3.05) is 0 Å². The molecule has 0 spiro atoms. The van der Waals surface area contributed by atoms with Crippen LogP contribution in [0, 0.1) is 23.2 Å². The molecule has 4 bridgehead atoms. The van der Waals surface area contributed by atoms with Crippen molar-refractivity contribution < 1.29 is 14.3 Å². The molecular weight excluding hydrogens is 316 g/mol. The molecule has 3 N–H and O–H groups in total. The first-order valence-corrected chi connectivity index (χ1v) is 9.29. The van der Waals surface area contributed by atoms with Crippen LogP contribution in [-0.2, 0) is 9.59 Å². The lowest BCUT2D eigenvalue weighted by Gasteiger charge is -2.58. The van der Waals surface area contributed by atoms with Crippen molar-refractivity contribution in [1.29, 1.82) is 0 Å². The maximum Gasteiger partial charge on any atom is 0.261 e. The summed E-state index contributed by atoms with van der Waals surface area (Å²) in [6, 6.07) is 9.55. The number of nitrogens with two attached hydrogens (primary N) is 1. The number of para-hydroxylation sites is 1. The van der Waals surface area contributed by atoms with Gasteiger partial charge in [-0.2, -0.15) is 0 Å². The molecule has 1 aromatic carbocycles. The van der Waals surface area contributed by atoms with Crippen LogP contribution < -0.4 is 15.8 Å². The monoisotopic (exact) mass is 342 g/mol. The highest BCUT2D eigenvalue weighted by molar-refractivity contribution is 5.82. The van der Waals surface area contributed by atoms with E-state index in [0.717, 1.165) is 32.1 Å². The number of rotatable bonds is 5. The zero-order valence-electron chi connectivity index (χ0n) is 14.6. The molecule has 2 amide bonds. The zero-order chi connectivity index (χ0) is 17.6. The molecule has 4 aliphatic rings. The van der Waals surface area contributed by atoms with Gasteiger partial charge in [-0.05, 0) is 68.9 Å². The molecule has 5 rings (SSSR count). The fourth-order valence-corrected chi connectivity index (χ4v) is 5.60. The molecule has 5 nitrogen and oxygen atoms in total. The third kappa shape index (κ3) is 2.90. The van der Waals surface area contributed by atoms with Gasteiger partial charge in [-0.3, -0.25) is 9.59 Å². The highest BCUT2D eigenvalue weighted by Crippen LogP contribution is 2.59. The van der Waals surface area contributed by atoms with E-state index < -0.39 is 6.10 Å². The number of nitrogens with one attached hydrogen (secondary N) is 1. The fraction of sp³-hybridized carbons (Fsp3) is 0.600. The second-order valence-corrected chi connectivity index (χ2v) is 8.22. The molecule has 4 fully saturated rings. The van der Waals surface area contributed by atoms with Gasteiger partial charge in [-0.1, -0.05) is 18.2 Å². The van der Waals surface area contributed by atoms with Gasteiger partial charge in [-0.25, -0.2) is 0 Å². The molecule has 3 atom stereocenters. The molecule has 0 heterocycles. The van der Waals surface area contributed by atoms with Crippen LogP contribution in [0.3, 0.4) is 0 Å². The molecule has 0 aliphatic heterocycles. The summed E-state index contributed by atoms with van der Waals surface area (Å²) in [6.07, 6.45) is 4.27. The Hall–Kier alpha value is -2.04. The lowest BCUT2D eigenvalue weighted by atomic mass is 9.47. The van der Waals surface area contributed by atoms with Crippen molar-refractivity contribution in [2.45, 2.75) is 51.2 Å². The van der Waals surface area contributed by atoms with E-state index in [0.29, 0.717) is 23.5 Å². The van der Waals surface area contributed by atoms with Crippen molar-refractivity contribution in [1.82, 2.24) is 5.32 Å². The van der Waals surface area contributed by atoms with E-state index in [1.165, 1.54) is 0 Å². The Morgan fingerprint density at radius 2 is 1.80 bits per heavy atom. The Labute approximate surface area is 148 Å². The number of amides is 2. The Morgan fingerprint density at radius 1 is 1.16 bits per heavy atom. The smallest absolute Gasteiger partial charge is 0.261 e. The first kappa shape index (κ1) is 16.4. The predicted molar refractivity (Wildman–Crippen MR) is 93.6 cm³/mol. The third-order valence-electron chi connectivity index (χ3n) is 6.53. The molecule has 5 heteroatoms. The topological polar surface area (TPSA) is 81.4 Å². The highest BCUT2D eigenvalue weighted by atomic mass is 16.5. The lowest BCUT2D eigenvalue weighted by molar-refractivity contribution is -0.148. The van der Waals surface area contributed by atoms with Gasteiger partial charge in [0, 0.05) is 11.5 Å². The normalized spacial score (nSPS) is 36.7. The molecule has 4 saturated carbocycles. The number of primary amides is 1. The van der Waals surface area contributed by atoms with Crippen LogP contribution in [0.4, 0.5) is 0 Å². The largest absolute Gasteiger partial charge is 0.481 e. The Kier molecular flexibility index (Phi) is 3.97. The van der Waals surface area contributed by atoms with E-state index in [-0.39, 0.29) is 23.3 Å². The molecule has 0 aromatic heterocycles. The van der Waals surface area contributed by atoms with Crippen LogP contribution >= 0.6 is 0 Å². The van der Waals surface area contributed by atoms with Crippen LogP contribution in [0.5, 0.6) is 5.75 Å². The van der Waals surface area contributed by atoms with E-state index in [1.807, 2.05) is 30.3 Å². The second-order valence-electron chi connectivity index (χ2n) is 8.22. The van der Waals surface area contributed by atoms with Gasteiger partial charge >= 0.3 is 0 Å². The molecule has 0 saturated heterocycles. The summed E-state index contributed by atoms with van der Waals surface area (Å²) in [5.74, 6) is 1.81. The molecule has 4 aliphatic carbocycles. The van der Waals surface area contributed by atoms with E-state index >= 15 is 0 Å². The number of benzene rings is 1. The van der Waals surface area contributed by atoms with Gasteiger partial charge < -0.3 is 15.8 Å². The van der Waals surface area contributed by atoms with Crippen LogP contribution in [0.25, 0.3) is 0 Å². The average Bonchev–Trinajstić information content (AvgIpc) is 2.58.